The Morgan fingerprint density at radius 2 is 2.08 bits per heavy atom. The van der Waals surface area contributed by atoms with Gasteiger partial charge in [-0.1, -0.05) is 6.92 Å². The van der Waals surface area contributed by atoms with Crippen LogP contribution in [0.4, 0.5) is 0 Å². The van der Waals surface area contributed by atoms with Gasteiger partial charge in [-0.05, 0) is 52.8 Å². The molecule has 1 aromatic carbocycles. The molecule has 3 heteroatoms. The molecule has 0 amide bonds. The molecule has 0 aliphatic carbocycles. The molecular formula is C9H10IO2. The van der Waals surface area contributed by atoms with E-state index in [1.165, 1.54) is 0 Å². The lowest BCUT2D eigenvalue weighted by atomic mass is 10.1. The van der Waals surface area contributed by atoms with Gasteiger partial charge >= 0.3 is 0 Å². The van der Waals surface area contributed by atoms with E-state index in [9.17, 15) is 10.2 Å². The second kappa shape index (κ2) is 4.09. The van der Waals surface area contributed by atoms with Crippen LogP contribution in [0.5, 0.6) is 5.75 Å². The fraction of sp³-hybridized carbons (Fsp3) is 0.222. The van der Waals surface area contributed by atoms with Crippen LogP contribution >= 0.6 is 22.6 Å². The van der Waals surface area contributed by atoms with E-state index in [1.807, 2.05) is 6.07 Å². The van der Waals surface area contributed by atoms with Crippen molar-refractivity contribution in [2.45, 2.75) is 12.5 Å². The van der Waals surface area contributed by atoms with Crippen LogP contribution in [0.3, 0.4) is 0 Å². The maximum absolute atomic E-state index is 9.40. The Morgan fingerprint density at radius 1 is 1.42 bits per heavy atom. The highest BCUT2D eigenvalue weighted by Crippen LogP contribution is 2.23. The zero-order chi connectivity index (χ0) is 9.14. The van der Waals surface area contributed by atoms with Gasteiger partial charge in [0, 0.05) is 3.57 Å². The van der Waals surface area contributed by atoms with Gasteiger partial charge in [-0.2, -0.15) is 0 Å². The predicted molar refractivity (Wildman–Crippen MR) is 55.8 cm³/mol. The van der Waals surface area contributed by atoms with Gasteiger partial charge in [0.05, 0.1) is 6.10 Å². The average Bonchev–Trinajstić information content (AvgIpc) is 2.01. The second-order valence-electron chi connectivity index (χ2n) is 2.55. The maximum Gasteiger partial charge on any atom is 0.117 e. The van der Waals surface area contributed by atoms with E-state index in [-0.39, 0.29) is 5.75 Å². The molecule has 0 aliphatic rings. The number of benzene rings is 1. The molecule has 2 N–H and O–H groups in total. The average molecular weight is 277 g/mol. The van der Waals surface area contributed by atoms with Gasteiger partial charge in [0.25, 0.3) is 0 Å². The van der Waals surface area contributed by atoms with Gasteiger partial charge < -0.3 is 10.2 Å². The van der Waals surface area contributed by atoms with Gasteiger partial charge in [0.2, 0.25) is 0 Å². The molecule has 0 spiro atoms. The molecule has 1 atom stereocenters. The van der Waals surface area contributed by atoms with E-state index >= 15 is 0 Å². The summed E-state index contributed by atoms with van der Waals surface area (Å²) in [5.74, 6) is 0.185. The topological polar surface area (TPSA) is 40.5 Å². The third-order valence-corrected chi connectivity index (χ3v) is 2.19. The molecule has 12 heavy (non-hydrogen) atoms. The van der Waals surface area contributed by atoms with Crippen molar-refractivity contribution in [3.05, 3.63) is 34.3 Å². The lowest BCUT2D eigenvalue weighted by Gasteiger charge is -2.08. The predicted octanol–water partition coefficient (Wildman–Crippen LogP) is 2.25. The smallest absolute Gasteiger partial charge is 0.117 e. The summed E-state index contributed by atoms with van der Waals surface area (Å²) >= 11 is 2.09. The summed E-state index contributed by atoms with van der Waals surface area (Å²) in [5, 5.41) is 18.6. The number of phenols is 1. The van der Waals surface area contributed by atoms with E-state index in [4.69, 9.17) is 0 Å². The van der Waals surface area contributed by atoms with Crippen LogP contribution in [-0.2, 0) is 0 Å². The normalized spacial score (nSPS) is 12.9. The zero-order valence-corrected chi connectivity index (χ0v) is 8.65. The Labute approximate surface area is 85.4 Å². The summed E-state index contributed by atoms with van der Waals surface area (Å²) < 4.78 is 0.912. The molecule has 1 unspecified atom stereocenters. The molecule has 0 saturated carbocycles. The molecule has 0 bridgehead atoms. The molecule has 1 radical (unpaired) electrons. The summed E-state index contributed by atoms with van der Waals surface area (Å²) in [6.45, 7) is 3.59. The first-order valence-electron chi connectivity index (χ1n) is 3.60. The molecule has 0 fully saturated rings. The van der Waals surface area contributed by atoms with Crippen molar-refractivity contribution >= 4 is 22.6 Å². The van der Waals surface area contributed by atoms with Crippen LogP contribution in [0, 0.1) is 10.5 Å². The molecule has 65 valence electrons. The minimum Gasteiger partial charge on any atom is -0.508 e. The molecule has 1 aromatic rings. The van der Waals surface area contributed by atoms with E-state index in [0.717, 1.165) is 9.13 Å². The summed E-state index contributed by atoms with van der Waals surface area (Å²) in [6, 6.07) is 5.02. The van der Waals surface area contributed by atoms with Crippen LogP contribution in [0.15, 0.2) is 18.2 Å². The standard InChI is InChI=1S/C9H10IO2/c1-2-9(12)6-3-7(10)5-8(11)4-6/h3-5,9,11-12H,1-2H2. The van der Waals surface area contributed by atoms with E-state index < -0.39 is 6.10 Å². The number of hydrogen-bond donors (Lipinski definition) is 2. The highest BCUT2D eigenvalue weighted by Gasteiger charge is 2.06. The summed E-state index contributed by atoms with van der Waals surface area (Å²) in [6.07, 6.45) is -0.162. The minimum atomic E-state index is -0.578. The van der Waals surface area contributed by atoms with Crippen molar-refractivity contribution in [3.8, 4) is 5.75 Å². The summed E-state index contributed by atoms with van der Waals surface area (Å²) in [7, 11) is 0. The van der Waals surface area contributed by atoms with E-state index in [0.29, 0.717) is 6.42 Å². The van der Waals surface area contributed by atoms with Crippen LogP contribution < -0.4 is 0 Å². The molecule has 0 aromatic heterocycles. The van der Waals surface area contributed by atoms with E-state index in [2.05, 4.69) is 29.5 Å². The number of phenolic OH excluding ortho intramolecular Hbond substituents is 1. The molecule has 0 saturated heterocycles. The SMILES string of the molecule is [CH2]CC(O)c1cc(O)cc(I)c1. The quantitative estimate of drug-likeness (QED) is 0.814. The highest BCUT2D eigenvalue weighted by atomic mass is 127. The Morgan fingerprint density at radius 3 is 2.58 bits per heavy atom. The molecule has 1 rings (SSSR count). The summed E-state index contributed by atoms with van der Waals surface area (Å²) in [5.41, 5.74) is 0.717. The molecular weight excluding hydrogens is 267 g/mol. The molecule has 0 aliphatic heterocycles. The number of aliphatic hydroxyl groups excluding tert-OH is 1. The van der Waals surface area contributed by atoms with Crippen molar-refractivity contribution in [1.29, 1.82) is 0 Å². The number of aromatic hydroxyl groups is 1. The van der Waals surface area contributed by atoms with Gasteiger partial charge in [-0.15, -0.1) is 0 Å². The van der Waals surface area contributed by atoms with Crippen LogP contribution in [-0.4, -0.2) is 10.2 Å². The first kappa shape index (κ1) is 9.80. The Balaban J connectivity index is 3.00. The second-order valence-corrected chi connectivity index (χ2v) is 3.79. The minimum absolute atomic E-state index is 0.185. The third-order valence-electron chi connectivity index (χ3n) is 1.56. The number of rotatable bonds is 2. The van der Waals surface area contributed by atoms with Crippen LogP contribution in [0.1, 0.15) is 18.1 Å². The lowest BCUT2D eigenvalue weighted by molar-refractivity contribution is 0.180. The fourth-order valence-corrected chi connectivity index (χ4v) is 1.63. The van der Waals surface area contributed by atoms with Crippen molar-refractivity contribution in [2.24, 2.45) is 0 Å². The largest absolute Gasteiger partial charge is 0.508 e. The van der Waals surface area contributed by atoms with Crippen molar-refractivity contribution in [2.75, 3.05) is 0 Å². The summed E-state index contributed by atoms with van der Waals surface area (Å²) in [4.78, 5) is 0. The highest BCUT2D eigenvalue weighted by molar-refractivity contribution is 14.1. The van der Waals surface area contributed by atoms with Crippen molar-refractivity contribution in [1.82, 2.24) is 0 Å². The Bertz CT molecular complexity index is 253. The first-order valence-corrected chi connectivity index (χ1v) is 4.68. The monoisotopic (exact) mass is 277 g/mol. The number of aliphatic hydroxyl groups is 1. The van der Waals surface area contributed by atoms with Gasteiger partial charge in [0.1, 0.15) is 5.75 Å². The molecule has 2 nitrogen and oxygen atoms in total. The van der Waals surface area contributed by atoms with Crippen LogP contribution in [0.2, 0.25) is 0 Å². The van der Waals surface area contributed by atoms with E-state index in [1.54, 1.807) is 12.1 Å². The first-order chi connectivity index (χ1) is 5.63. The Kier molecular flexibility index (Phi) is 3.34. The van der Waals surface area contributed by atoms with Crippen molar-refractivity contribution < 1.29 is 10.2 Å². The van der Waals surface area contributed by atoms with Gasteiger partial charge in [0.15, 0.2) is 0 Å². The third kappa shape index (κ3) is 2.35. The van der Waals surface area contributed by atoms with Gasteiger partial charge in [-0.3, -0.25) is 0 Å². The number of halogens is 1. The zero-order valence-electron chi connectivity index (χ0n) is 6.50. The maximum atomic E-state index is 9.40. The van der Waals surface area contributed by atoms with Gasteiger partial charge in [-0.25, -0.2) is 0 Å². The Hall–Kier alpha value is -0.290. The van der Waals surface area contributed by atoms with Crippen LogP contribution in [0.25, 0.3) is 0 Å². The fourth-order valence-electron chi connectivity index (χ4n) is 0.955. The van der Waals surface area contributed by atoms with Crippen molar-refractivity contribution in [3.63, 3.8) is 0 Å². The number of hydrogen-bond acceptors (Lipinski definition) is 2. The molecule has 0 heterocycles. The lowest BCUT2D eigenvalue weighted by Crippen LogP contribution is -1.95.